The van der Waals surface area contributed by atoms with E-state index in [1.165, 1.54) is 12.8 Å². The zero-order valence-electron chi connectivity index (χ0n) is 16.4. The summed E-state index contributed by atoms with van der Waals surface area (Å²) in [5, 5.41) is 6.23. The summed E-state index contributed by atoms with van der Waals surface area (Å²) in [6, 6.07) is 13.4. The summed E-state index contributed by atoms with van der Waals surface area (Å²) < 4.78 is 4.72. The van der Waals surface area contributed by atoms with Crippen LogP contribution in [-0.2, 0) is 6.54 Å². The van der Waals surface area contributed by atoms with E-state index in [-0.39, 0.29) is 5.56 Å². The Morgan fingerprint density at radius 2 is 1.73 bits per heavy atom. The van der Waals surface area contributed by atoms with E-state index in [2.05, 4.69) is 25.8 Å². The van der Waals surface area contributed by atoms with Gasteiger partial charge in [-0.1, -0.05) is 52.5 Å². The Kier molecular flexibility index (Phi) is 5.25. The van der Waals surface area contributed by atoms with Crippen LogP contribution in [0.15, 0.2) is 51.7 Å². The third-order valence-electron chi connectivity index (χ3n) is 5.61. The van der Waals surface area contributed by atoms with Crippen LogP contribution in [0, 0.1) is 0 Å². The molecule has 0 saturated carbocycles. The van der Waals surface area contributed by atoms with Crippen molar-refractivity contribution in [1.29, 1.82) is 0 Å². The lowest BCUT2D eigenvalue weighted by molar-refractivity contribution is 0.685. The van der Waals surface area contributed by atoms with Gasteiger partial charge in [0.05, 0.1) is 17.4 Å². The highest BCUT2D eigenvalue weighted by Gasteiger charge is 2.21. The molecule has 2 aromatic heterocycles. The summed E-state index contributed by atoms with van der Waals surface area (Å²) in [7, 11) is 0. The van der Waals surface area contributed by atoms with E-state index in [0.717, 1.165) is 47.4 Å². The van der Waals surface area contributed by atoms with Crippen molar-refractivity contribution in [2.75, 3.05) is 18.0 Å². The molecule has 2 aromatic carbocycles. The minimum Gasteiger partial charge on any atom is -0.341 e. The van der Waals surface area contributed by atoms with E-state index in [1.54, 1.807) is 0 Å². The fourth-order valence-electron chi connectivity index (χ4n) is 4.10. The van der Waals surface area contributed by atoms with Gasteiger partial charge in [0.15, 0.2) is 0 Å². The Balaban J connectivity index is 1.74. The molecular weight excluding hydrogens is 466 g/mol. The van der Waals surface area contributed by atoms with Gasteiger partial charge in [0.1, 0.15) is 0 Å². The zero-order valence-corrected chi connectivity index (χ0v) is 18.7. The van der Waals surface area contributed by atoms with Crippen molar-refractivity contribution in [2.45, 2.75) is 32.2 Å². The lowest BCUT2D eigenvalue weighted by atomic mass is 10.2. The highest BCUT2D eigenvalue weighted by Crippen LogP contribution is 2.25. The summed E-state index contributed by atoms with van der Waals surface area (Å²) in [6.07, 6.45) is 4.76. The maximum Gasteiger partial charge on any atom is 0.282 e. The van der Waals surface area contributed by atoms with Crippen molar-refractivity contribution < 1.29 is 0 Å². The van der Waals surface area contributed by atoms with Gasteiger partial charge in [-0.05, 0) is 48.7 Å². The molecule has 0 aliphatic carbocycles. The predicted molar refractivity (Wildman–Crippen MR) is 124 cm³/mol. The predicted octanol–water partition coefficient (Wildman–Crippen LogP) is 4.89. The number of hydrogen-bond acceptors (Lipinski definition) is 4. The summed E-state index contributed by atoms with van der Waals surface area (Å²) in [5.74, 6) is 1.41. The summed E-state index contributed by atoms with van der Waals surface area (Å²) in [5.41, 5.74) is 1.64. The molecule has 1 fully saturated rings. The standard InChI is InChI=1S/C22H21BrClN5O/c23-16-7-10-19-18(13-16)20(30)25-21-28(14-15-5-8-17(24)9-6-15)26-22(29(19)21)27-11-3-1-2-4-12-27/h5-10,13H,1-4,11-12,14H2. The van der Waals surface area contributed by atoms with Gasteiger partial charge in [-0.3, -0.25) is 4.79 Å². The van der Waals surface area contributed by atoms with E-state index in [0.29, 0.717) is 22.7 Å². The summed E-state index contributed by atoms with van der Waals surface area (Å²) >= 11 is 9.51. The molecule has 0 bridgehead atoms. The molecule has 4 aromatic rings. The molecule has 0 spiro atoms. The molecule has 0 radical (unpaired) electrons. The van der Waals surface area contributed by atoms with Crippen molar-refractivity contribution in [2.24, 2.45) is 0 Å². The van der Waals surface area contributed by atoms with Gasteiger partial charge >= 0.3 is 0 Å². The first kappa shape index (κ1) is 19.6. The van der Waals surface area contributed by atoms with Gasteiger partial charge in [-0.25, -0.2) is 9.08 Å². The first-order valence-corrected chi connectivity index (χ1v) is 11.4. The molecule has 8 heteroatoms. The second-order valence-electron chi connectivity index (χ2n) is 7.70. The fraction of sp³-hybridized carbons (Fsp3) is 0.318. The molecule has 0 atom stereocenters. The second-order valence-corrected chi connectivity index (χ2v) is 9.05. The minimum atomic E-state index is -0.244. The van der Waals surface area contributed by atoms with Gasteiger partial charge in [0, 0.05) is 22.6 Å². The molecular formula is C22H21BrClN5O. The Labute approximate surface area is 187 Å². The Morgan fingerprint density at radius 1 is 1.00 bits per heavy atom. The van der Waals surface area contributed by atoms with Crippen molar-refractivity contribution in [1.82, 2.24) is 19.2 Å². The lowest BCUT2D eigenvalue weighted by Crippen LogP contribution is -2.26. The van der Waals surface area contributed by atoms with Crippen LogP contribution < -0.4 is 10.5 Å². The number of benzene rings is 2. The normalized spacial score (nSPS) is 15.1. The number of rotatable bonds is 3. The molecule has 1 aliphatic rings. The molecule has 154 valence electrons. The van der Waals surface area contributed by atoms with Gasteiger partial charge in [0.25, 0.3) is 5.56 Å². The second kappa shape index (κ2) is 8.04. The maximum absolute atomic E-state index is 12.8. The SMILES string of the molecule is O=c1nc2n(Cc3ccc(Cl)cc3)nc(N3CCCCCC3)n2c2ccc(Br)cc12. The summed E-state index contributed by atoms with van der Waals surface area (Å²) in [6.45, 7) is 2.43. The number of hydrogen-bond donors (Lipinski definition) is 0. The van der Waals surface area contributed by atoms with Crippen LogP contribution >= 0.6 is 27.5 Å². The molecule has 6 nitrogen and oxygen atoms in total. The smallest absolute Gasteiger partial charge is 0.282 e. The van der Waals surface area contributed by atoms with Crippen LogP contribution in [0.3, 0.4) is 0 Å². The van der Waals surface area contributed by atoms with Crippen LogP contribution in [0.25, 0.3) is 16.7 Å². The van der Waals surface area contributed by atoms with Crippen LogP contribution in [0.4, 0.5) is 5.95 Å². The molecule has 0 N–H and O–H groups in total. The van der Waals surface area contributed by atoms with Crippen molar-refractivity contribution in [3.05, 3.63) is 67.9 Å². The van der Waals surface area contributed by atoms with E-state index in [9.17, 15) is 4.79 Å². The first-order chi connectivity index (χ1) is 14.6. The van der Waals surface area contributed by atoms with E-state index >= 15 is 0 Å². The molecule has 0 amide bonds. The van der Waals surface area contributed by atoms with Crippen molar-refractivity contribution in [3.63, 3.8) is 0 Å². The quantitative estimate of drug-likeness (QED) is 0.414. The van der Waals surface area contributed by atoms with Gasteiger partial charge in [0.2, 0.25) is 11.7 Å². The van der Waals surface area contributed by atoms with Crippen molar-refractivity contribution >= 4 is 50.2 Å². The van der Waals surface area contributed by atoms with E-state index in [1.807, 2.05) is 51.5 Å². The maximum atomic E-state index is 12.8. The van der Waals surface area contributed by atoms with Gasteiger partial charge < -0.3 is 4.90 Å². The number of anilines is 1. The average molecular weight is 487 g/mol. The molecule has 0 unspecified atom stereocenters. The largest absolute Gasteiger partial charge is 0.341 e. The monoisotopic (exact) mass is 485 g/mol. The van der Waals surface area contributed by atoms with Crippen LogP contribution in [-0.4, -0.2) is 32.3 Å². The van der Waals surface area contributed by atoms with Gasteiger partial charge in [-0.15, -0.1) is 5.10 Å². The van der Waals surface area contributed by atoms with Crippen molar-refractivity contribution in [3.8, 4) is 0 Å². The molecule has 30 heavy (non-hydrogen) atoms. The minimum absolute atomic E-state index is 0.244. The van der Waals surface area contributed by atoms with E-state index in [4.69, 9.17) is 16.7 Å². The highest BCUT2D eigenvalue weighted by atomic mass is 79.9. The average Bonchev–Trinajstić information content (AvgIpc) is 2.91. The Bertz CT molecular complexity index is 1270. The number of aromatic nitrogens is 4. The summed E-state index contributed by atoms with van der Waals surface area (Å²) in [4.78, 5) is 19.6. The van der Waals surface area contributed by atoms with Crippen LogP contribution in [0.2, 0.25) is 5.02 Å². The lowest BCUT2D eigenvalue weighted by Gasteiger charge is -2.20. The first-order valence-electron chi connectivity index (χ1n) is 10.2. The Morgan fingerprint density at radius 3 is 2.47 bits per heavy atom. The molecule has 3 heterocycles. The van der Waals surface area contributed by atoms with E-state index < -0.39 is 0 Å². The molecule has 1 saturated heterocycles. The zero-order chi connectivity index (χ0) is 20.7. The van der Waals surface area contributed by atoms with Crippen LogP contribution in [0.1, 0.15) is 31.2 Å². The highest BCUT2D eigenvalue weighted by molar-refractivity contribution is 9.10. The topological polar surface area (TPSA) is 55.4 Å². The number of halogens is 2. The fourth-order valence-corrected chi connectivity index (χ4v) is 4.58. The third kappa shape index (κ3) is 3.61. The number of nitrogens with zero attached hydrogens (tertiary/aromatic N) is 5. The third-order valence-corrected chi connectivity index (χ3v) is 6.35. The van der Waals surface area contributed by atoms with Crippen LogP contribution in [0.5, 0.6) is 0 Å². The number of fused-ring (bicyclic) bond motifs is 3. The van der Waals surface area contributed by atoms with Gasteiger partial charge in [-0.2, -0.15) is 4.98 Å². The Hall–Kier alpha value is -2.38. The molecule has 1 aliphatic heterocycles. The molecule has 5 rings (SSSR count).